The van der Waals surface area contributed by atoms with Crippen LogP contribution in [0.3, 0.4) is 0 Å². The minimum atomic E-state index is 0.233. The molecule has 20 heavy (non-hydrogen) atoms. The van der Waals surface area contributed by atoms with Crippen LogP contribution < -0.4 is 10.1 Å². The molecule has 0 saturated heterocycles. The molecule has 0 aliphatic rings. The number of H-pyrrole nitrogens is 1. The lowest BCUT2D eigenvalue weighted by Crippen LogP contribution is -2.40. The molecule has 2 N–H and O–H groups in total. The molecule has 2 rings (SSSR count). The van der Waals surface area contributed by atoms with Gasteiger partial charge in [0.15, 0.2) is 5.16 Å². The molecule has 2 aromatic rings. The minimum Gasteiger partial charge on any atom is -0.497 e. The zero-order chi connectivity index (χ0) is 14.8. The normalized spacial score (nSPS) is 13.7. The van der Waals surface area contributed by atoms with Gasteiger partial charge >= 0.3 is 0 Å². The van der Waals surface area contributed by atoms with Crippen molar-refractivity contribution in [2.75, 3.05) is 19.9 Å². The molecule has 0 fully saturated rings. The highest BCUT2D eigenvalue weighted by atomic mass is 32.2. The molecule has 0 bridgehead atoms. The van der Waals surface area contributed by atoms with E-state index in [1.54, 1.807) is 18.9 Å². The van der Waals surface area contributed by atoms with E-state index in [1.165, 1.54) is 0 Å². The molecular formula is C15H23N3OS. The van der Waals surface area contributed by atoms with E-state index in [9.17, 15) is 0 Å². The van der Waals surface area contributed by atoms with E-state index in [-0.39, 0.29) is 5.41 Å². The molecular weight excluding hydrogens is 270 g/mol. The number of hydrogen-bond acceptors (Lipinski definition) is 4. The van der Waals surface area contributed by atoms with Crippen LogP contribution >= 0.6 is 11.8 Å². The van der Waals surface area contributed by atoms with Crippen molar-refractivity contribution in [3.63, 3.8) is 0 Å². The summed E-state index contributed by atoms with van der Waals surface area (Å²) in [4.78, 5) is 7.95. The Labute approximate surface area is 124 Å². The lowest BCUT2D eigenvalue weighted by Gasteiger charge is -2.29. The molecule has 0 radical (unpaired) electrons. The van der Waals surface area contributed by atoms with Gasteiger partial charge in [-0.3, -0.25) is 0 Å². The molecule has 0 spiro atoms. The number of ether oxygens (including phenoxy) is 1. The zero-order valence-corrected chi connectivity index (χ0v) is 13.6. The average Bonchev–Trinajstić information content (AvgIpc) is 2.79. The Bertz CT molecular complexity index is 574. The number of thioether (sulfide) groups is 1. The topological polar surface area (TPSA) is 49.9 Å². The van der Waals surface area contributed by atoms with Gasteiger partial charge in [0.1, 0.15) is 5.75 Å². The molecule has 5 heteroatoms. The molecule has 110 valence electrons. The van der Waals surface area contributed by atoms with E-state index < -0.39 is 0 Å². The standard InChI is InChI=1S/C15H23N3OS/c1-15(2,3)13(16-4)9-20-14-17-11-7-6-10(19-5)8-12(11)18-14/h6-8,13,16H,9H2,1-5H3,(H,17,18). The number of aromatic amines is 1. The van der Waals surface area contributed by atoms with Gasteiger partial charge < -0.3 is 15.0 Å². The molecule has 0 aliphatic heterocycles. The summed E-state index contributed by atoms with van der Waals surface area (Å²) in [5.74, 6) is 1.83. The summed E-state index contributed by atoms with van der Waals surface area (Å²) >= 11 is 1.75. The smallest absolute Gasteiger partial charge is 0.166 e. The predicted octanol–water partition coefficient (Wildman–Crippen LogP) is 3.30. The maximum Gasteiger partial charge on any atom is 0.166 e. The van der Waals surface area contributed by atoms with E-state index in [4.69, 9.17) is 4.74 Å². The first-order valence-corrected chi connectivity index (χ1v) is 7.76. The summed E-state index contributed by atoms with van der Waals surface area (Å²) in [5, 5.41) is 4.34. The molecule has 0 amide bonds. The monoisotopic (exact) mass is 293 g/mol. The predicted molar refractivity (Wildman–Crippen MR) is 85.7 cm³/mol. The van der Waals surface area contributed by atoms with Crippen molar-refractivity contribution >= 4 is 22.8 Å². The van der Waals surface area contributed by atoms with Crippen LogP contribution in [0.5, 0.6) is 5.75 Å². The van der Waals surface area contributed by atoms with Crippen molar-refractivity contribution in [1.29, 1.82) is 0 Å². The van der Waals surface area contributed by atoms with Crippen LogP contribution in [0, 0.1) is 5.41 Å². The lowest BCUT2D eigenvalue weighted by molar-refractivity contribution is 0.305. The number of methoxy groups -OCH3 is 1. The molecule has 1 atom stereocenters. The first-order chi connectivity index (χ1) is 9.44. The van der Waals surface area contributed by atoms with Crippen molar-refractivity contribution in [2.24, 2.45) is 5.41 Å². The average molecular weight is 293 g/mol. The lowest BCUT2D eigenvalue weighted by atomic mass is 9.88. The van der Waals surface area contributed by atoms with E-state index in [1.807, 2.05) is 25.2 Å². The summed E-state index contributed by atoms with van der Waals surface area (Å²) in [6.07, 6.45) is 0. The molecule has 4 nitrogen and oxygen atoms in total. The fourth-order valence-electron chi connectivity index (χ4n) is 2.09. The van der Waals surface area contributed by atoms with Gasteiger partial charge in [0.05, 0.1) is 18.1 Å². The number of aromatic nitrogens is 2. The van der Waals surface area contributed by atoms with Crippen molar-refractivity contribution in [3.05, 3.63) is 18.2 Å². The Morgan fingerprint density at radius 2 is 2.15 bits per heavy atom. The molecule has 1 aromatic carbocycles. The van der Waals surface area contributed by atoms with Gasteiger partial charge in [-0.2, -0.15) is 0 Å². The number of fused-ring (bicyclic) bond motifs is 1. The van der Waals surface area contributed by atoms with Gasteiger partial charge in [-0.15, -0.1) is 0 Å². The number of benzene rings is 1. The Morgan fingerprint density at radius 3 is 2.75 bits per heavy atom. The third-order valence-electron chi connectivity index (χ3n) is 3.45. The fourth-order valence-corrected chi connectivity index (χ4v) is 3.43. The van der Waals surface area contributed by atoms with Gasteiger partial charge in [-0.25, -0.2) is 4.98 Å². The number of nitrogens with zero attached hydrogens (tertiary/aromatic N) is 1. The quantitative estimate of drug-likeness (QED) is 0.831. The van der Waals surface area contributed by atoms with Crippen LogP contribution in [0.15, 0.2) is 23.4 Å². The van der Waals surface area contributed by atoms with Crippen molar-refractivity contribution in [1.82, 2.24) is 15.3 Å². The maximum absolute atomic E-state index is 5.23. The molecule has 0 saturated carbocycles. The third kappa shape index (κ3) is 3.46. The van der Waals surface area contributed by atoms with Crippen LogP contribution in [0.1, 0.15) is 20.8 Å². The first-order valence-electron chi connectivity index (χ1n) is 6.78. The van der Waals surface area contributed by atoms with Gasteiger partial charge in [-0.1, -0.05) is 32.5 Å². The summed E-state index contributed by atoms with van der Waals surface area (Å²) in [6.45, 7) is 6.74. The van der Waals surface area contributed by atoms with Crippen LogP contribution in [0.25, 0.3) is 11.0 Å². The summed E-state index contributed by atoms with van der Waals surface area (Å²) in [7, 11) is 3.69. The highest BCUT2D eigenvalue weighted by Gasteiger charge is 2.23. The van der Waals surface area contributed by atoms with Gasteiger partial charge in [0.2, 0.25) is 0 Å². The van der Waals surface area contributed by atoms with Gasteiger partial charge in [-0.05, 0) is 24.6 Å². The number of hydrogen-bond donors (Lipinski definition) is 2. The molecule has 1 unspecified atom stereocenters. The largest absolute Gasteiger partial charge is 0.497 e. The van der Waals surface area contributed by atoms with E-state index in [0.717, 1.165) is 27.7 Å². The van der Waals surface area contributed by atoms with Gasteiger partial charge in [0, 0.05) is 17.9 Å². The molecule has 0 aliphatic carbocycles. The minimum absolute atomic E-state index is 0.233. The second-order valence-corrected chi connectivity index (χ2v) is 6.95. The third-order valence-corrected chi connectivity index (χ3v) is 4.41. The van der Waals surface area contributed by atoms with Crippen LogP contribution in [-0.2, 0) is 0 Å². The Hall–Kier alpha value is -1.20. The van der Waals surface area contributed by atoms with Crippen LogP contribution in [0.2, 0.25) is 0 Å². The van der Waals surface area contributed by atoms with Gasteiger partial charge in [0.25, 0.3) is 0 Å². The van der Waals surface area contributed by atoms with Crippen molar-refractivity contribution < 1.29 is 4.74 Å². The SMILES string of the molecule is CNC(CSc1nc2ccc(OC)cc2[nH]1)C(C)(C)C. The number of imidazole rings is 1. The molecule has 1 aromatic heterocycles. The fraction of sp³-hybridized carbons (Fsp3) is 0.533. The Balaban J connectivity index is 2.10. The van der Waals surface area contributed by atoms with E-state index in [2.05, 4.69) is 36.1 Å². The second kappa shape index (κ2) is 6.06. The molecule has 1 heterocycles. The summed E-state index contributed by atoms with van der Waals surface area (Å²) in [6, 6.07) is 6.33. The van der Waals surface area contributed by atoms with Crippen LogP contribution in [-0.4, -0.2) is 35.9 Å². The number of rotatable bonds is 5. The van der Waals surface area contributed by atoms with E-state index >= 15 is 0 Å². The Kier molecular flexibility index (Phi) is 4.60. The highest BCUT2D eigenvalue weighted by molar-refractivity contribution is 7.99. The Morgan fingerprint density at radius 1 is 1.40 bits per heavy atom. The summed E-state index contributed by atoms with van der Waals surface area (Å²) < 4.78 is 5.23. The highest BCUT2D eigenvalue weighted by Crippen LogP contribution is 2.27. The van der Waals surface area contributed by atoms with Crippen molar-refractivity contribution in [2.45, 2.75) is 32.0 Å². The zero-order valence-electron chi connectivity index (χ0n) is 12.8. The second-order valence-electron chi connectivity index (χ2n) is 5.94. The van der Waals surface area contributed by atoms with Crippen molar-refractivity contribution in [3.8, 4) is 5.75 Å². The van der Waals surface area contributed by atoms with Crippen LogP contribution in [0.4, 0.5) is 0 Å². The summed E-state index contributed by atoms with van der Waals surface area (Å²) in [5.41, 5.74) is 2.23. The van der Waals surface area contributed by atoms with E-state index in [0.29, 0.717) is 6.04 Å². The number of nitrogens with one attached hydrogen (secondary N) is 2. The first kappa shape index (κ1) is 15.2. The maximum atomic E-state index is 5.23.